The minimum absolute atomic E-state index is 0.146. The van der Waals surface area contributed by atoms with Gasteiger partial charge in [-0.15, -0.1) is 0 Å². The van der Waals surface area contributed by atoms with E-state index in [2.05, 4.69) is 11.1 Å². The van der Waals surface area contributed by atoms with Gasteiger partial charge in [-0.3, -0.25) is 0 Å². The van der Waals surface area contributed by atoms with Crippen LogP contribution in [0.25, 0.3) is 16.3 Å². The number of rotatable bonds is 2. The third kappa shape index (κ3) is 3.35. The van der Waals surface area contributed by atoms with Crippen molar-refractivity contribution in [3.05, 3.63) is 64.9 Å². The smallest absolute Gasteiger partial charge is 0.388 e. The largest absolute Gasteiger partial charge is 0.413 e. The summed E-state index contributed by atoms with van der Waals surface area (Å²) in [4.78, 5) is 6.07. The van der Waals surface area contributed by atoms with Crippen LogP contribution in [-0.2, 0) is 4.74 Å². The fourth-order valence-electron chi connectivity index (χ4n) is 8.70. The zero-order valence-electron chi connectivity index (χ0n) is 22.8. The first-order chi connectivity index (χ1) is 18.8. The van der Waals surface area contributed by atoms with Crippen LogP contribution in [0.3, 0.4) is 0 Å². The highest BCUT2D eigenvalue weighted by molar-refractivity contribution is 5.88. The van der Waals surface area contributed by atoms with Crippen LogP contribution >= 0.6 is 0 Å². The van der Waals surface area contributed by atoms with Gasteiger partial charge in [0.1, 0.15) is 11.9 Å². The van der Waals surface area contributed by atoms with Crippen molar-refractivity contribution in [3.63, 3.8) is 0 Å². The van der Waals surface area contributed by atoms with Gasteiger partial charge < -0.3 is 25.6 Å². The van der Waals surface area contributed by atoms with Gasteiger partial charge in [-0.05, 0) is 86.0 Å². The van der Waals surface area contributed by atoms with Gasteiger partial charge in [-0.25, -0.2) is 4.98 Å². The number of nitrogens with zero attached hydrogens (tertiary/aromatic N) is 2. The molecule has 7 rings (SSSR count). The summed E-state index contributed by atoms with van der Waals surface area (Å²) in [5, 5.41) is 23.9. The molecule has 9 heteroatoms. The minimum atomic E-state index is -4.57. The van der Waals surface area contributed by atoms with E-state index in [0.717, 1.165) is 21.9 Å². The van der Waals surface area contributed by atoms with Gasteiger partial charge in [0.15, 0.2) is 0 Å². The summed E-state index contributed by atoms with van der Waals surface area (Å²) in [5.41, 5.74) is 4.74. The number of alkyl halides is 3. The number of nitrogens with two attached hydrogens (primary N) is 1. The Kier molecular flexibility index (Phi) is 5.36. The molecule has 212 valence electrons. The van der Waals surface area contributed by atoms with Crippen molar-refractivity contribution in [1.29, 1.82) is 0 Å². The summed E-state index contributed by atoms with van der Waals surface area (Å²) >= 11 is 0. The molecular formula is C31H34F3N3O3. The van der Waals surface area contributed by atoms with Crippen LogP contribution in [0.4, 0.5) is 19.0 Å². The van der Waals surface area contributed by atoms with Crippen molar-refractivity contribution in [3.8, 4) is 0 Å². The maximum Gasteiger partial charge on any atom is 0.413 e. The standard InChI is InChI=1S/C31H34F3N3O3/c1-28-13-22(31(32,33)34)20-12-21-26(38)27(39)23(37(2)3)14-29(21)8-9-30(20,40-29)24(28)7-6-19(28)17-5-4-16-11-25(35)36-15-18(16)10-17/h4-6,10-12,15,23-24,26-27,38-39H,7-9,13-14H2,1-3H3,(H2,35,36)/t23-,24?,26+,27+,28+,29+,30+/m0/s1. The molecule has 2 aliphatic heterocycles. The van der Waals surface area contributed by atoms with Crippen LogP contribution in [-0.4, -0.2) is 69.8 Å². The number of anilines is 1. The van der Waals surface area contributed by atoms with Gasteiger partial charge >= 0.3 is 6.18 Å². The predicted molar refractivity (Wildman–Crippen MR) is 146 cm³/mol. The molecule has 0 amide bonds. The molecule has 3 heterocycles. The number of nitrogen functional groups attached to an aromatic ring is 1. The second kappa shape index (κ2) is 8.18. The topological polar surface area (TPSA) is 91.8 Å². The van der Waals surface area contributed by atoms with Crippen LogP contribution < -0.4 is 5.73 Å². The third-order valence-electron chi connectivity index (χ3n) is 10.6. The second-order valence-electron chi connectivity index (χ2n) is 12.8. The van der Waals surface area contributed by atoms with E-state index >= 15 is 0 Å². The Bertz CT molecular complexity index is 1530. The SMILES string of the molecule is CN(C)[C@H]1C[C@@]23CC[C@@]4(O2)C(=C(C(F)(F)F)C[C@]2(C)C(c5ccc6cc(N)ncc6c5)=CCC24)C=C3[C@@H](O)[C@@H]1O. The Morgan fingerprint density at radius 3 is 2.62 bits per heavy atom. The van der Waals surface area contributed by atoms with Gasteiger partial charge in [0.05, 0.1) is 17.3 Å². The highest BCUT2D eigenvalue weighted by atomic mass is 19.4. The van der Waals surface area contributed by atoms with E-state index in [4.69, 9.17) is 10.5 Å². The molecule has 2 fully saturated rings. The van der Waals surface area contributed by atoms with Gasteiger partial charge in [0, 0.05) is 34.5 Å². The molecule has 2 bridgehead atoms. The summed E-state index contributed by atoms with van der Waals surface area (Å²) in [6.07, 6.45) is 0.174. The normalized spacial score (nSPS) is 38.7. The molecule has 1 saturated heterocycles. The predicted octanol–water partition coefficient (Wildman–Crippen LogP) is 4.77. The number of aliphatic hydroxyl groups is 2. The number of fused-ring (bicyclic) bond motifs is 2. The van der Waals surface area contributed by atoms with Crippen molar-refractivity contribution in [2.45, 2.75) is 74.7 Å². The summed E-state index contributed by atoms with van der Waals surface area (Å²) in [5.74, 6) is 0.218. The van der Waals surface area contributed by atoms with E-state index in [9.17, 15) is 23.4 Å². The van der Waals surface area contributed by atoms with E-state index in [0.29, 0.717) is 37.1 Å². The van der Waals surface area contributed by atoms with Crippen LogP contribution in [0.15, 0.2) is 59.3 Å². The number of aromatic nitrogens is 1. The quantitative estimate of drug-likeness (QED) is 0.496. The summed E-state index contributed by atoms with van der Waals surface area (Å²) in [6.45, 7) is 1.95. The fraction of sp³-hybridized carbons (Fsp3) is 0.516. The third-order valence-corrected chi connectivity index (χ3v) is 10.6. The van der Waals surface area contributed by atoms with E-state index in [1.54, 1.807) is 18.3 Å². The number of pyridine rings is 1. The molecule has 0 radical (unpaired) electrons. The van der Waals surface area contributed by atoms with E-state index in [-0.39, 0.29) is 24.0 Å². The Labute approximate surface area is 231 Å². The van der Waals surface area contributed by atoms with Gasteiger partial charge in [-0.1, -0.05) is 31.2 Å². The van der Waals surface area contributed by atoms with Crippen molar-refractivity contribution >= 4 is 22.2 Å². The lowest BCUT2D eigenvalue weighted by molar-refractivity contribution is -0.170. The lowest BCUT2D eigenvalue weighted by atomic mass is 9.56. The Hall–Kier alpha value is -2.72. The summed E-state index contributed by atoms with van der Waals surface area (Å²) in [7, 11) is 3.68. The Morgan fingerprint density at radius 2 is 1.90 bits per heavy atom. The number of benzene rings is 1. The van der Waals surface area contributed by atoms with Crippen LogP contribution in [0.1, 0.15) is 44.6 Å². The lowest BCUT2D eigenvalue weighted by Crippen LogP contribution is -2.62. The molecule has 40 heavy (non-hydrogen) atoms. The maximum absolute atomic E-state index is 14.9. The Morgan fingerprint density at radius 1 is 1.12 bits per heavy atom. The van der Waals surface area contributed by atoms with Crippen LogP contribution in [0, 0.1) is 11.3 Å². The second-order valence-corrected chi connectivity index (χ2v) is 12.8. The van der Waals surface area contributed by atoms with Gasteiger partial charge in [0.2, 0.25) is 0 Å². The number of halogens is 3. The average Bonchev–Trinajstić information content (AvgIpc) is 3.40. The van der Waals surface area contributed by atoms with Crippen molar-refractivity contribution in [2.24, 2.45) is 11.3 Å². The van der Waals surface area contributed by atoms with Gasteiger partial charge in [0.25, 0.3) is 0 Å². The highest BCUT2D eigenvalue weighted by Gasteiger charge is 2.69. The van der Waals surface area contributed by atoms with Gasteiger partial charge in [-0.2, -0.15) is 13.2 Å². The number of aliphatic hydroxyl groups excluding tert-OH is 2. The molecule has 1 aromatic heterocycles. The van der Waals surface area contributed by atoms with Crippen molar-refractivity contribution < 1.29 is 28.1 Å². The van der Waals surface area contributed by atoms with Crippen molar-refractivity contribution in [1.82, 2.24) is 9.88 Å². The van der Waals surface area contributed by atoms with Crippen molar-refractivity contribution in [2.75, 3.05) is 19.8 Å². The Balaban J connectivity index is 1.38. The molecule has 2 aromatic rings. The molecule has 4 N–H and O–H groups in total. The first-order valence-corrected chi connectivity index (χ1v) is 13.9. The van der Waals surface area contributed by atoms with E-state index in [1.807, 2.05) is 44.1 Å². The first-order valence-electron chi connectivity index (χ1n) is 13.9. The molecule has 2 spiro atoms. The van der Waals surface area contributed by atoms with Crippen LogP contribution in [0.2, 0.25) is 0 Å². The molecular weight excluding hydrogens is 519 g/mol. The molecule has 5 aliphatic rings. The molecule has 1 aromatic carbocycles. The zero-order chi connectivity index (χ0) is 28.4. The number of likely N-dealkylation sites (N-methyl/N-ethyl adjacent to an activating group) is 1. The van der Waals surface area contributed by atoms with Crippen LogP contribution in [0.5, 0.6) is 0 Å². The molecule has 7 atom stereocenters. The molecule has 3 aliphatic carbocycles. The van der Waals surface area contributed by atoms with E-state index in [1.165, 1.54) is 0 Å². The minimum Gasteiger partial charge on any atom is -0.388 e. The highest BCUT2D eigenvalue weighted by Crippen LogP contribution is 2.70. The number of ether oxygens (including phenoxy) is 1. The molecule has 1 saturated carbocycles. The fourth-order valence-corrected chi connectivity index (χ4v) is 8.70. The molecule has 1 unspecified atom stereocenters. The molecule has 6 nitrogen and oxygen atoms in total. The average molecular weight is 554 g/mol. The number of allylic oxidation sites excluding steroid dienone is 3. The monoisotopic (exact) mass is 553 g/mol. The summed E-state index contributed by atoms with van der Waals surface area (Å²) < 4.78 is 51.7. The lowest BCUT2D eigenvalue weighted by Gasteiger charge is -2.57. The number of hydrogen-bond donors (Lipinski definition) is 3. The van der Waals surface area contributed by atoms with E-state index < -0.39 is 40.6 Å². The first kappa shape index (κ1) is 26.2. The zero-order valence-corrected chi connectivity index (χ0v) is 22.8. The summed E-state index contributed by atoms with van der Waals surface area (Å²) in [6, 6.07) is 7.31. The maximum atomic E-state index is 14.9. The number of hydrogen-bond acceptors (Lipinski definition) is 6.